The van der Waals surface area contributed by atoms with Crippen molar-refractivity contribution in [3.8, 4) is 11.4 Å². The SMILES string of the molecule is Nc1ccc(-c2nc3cccnc3n2C2CC2)cc1F. The predicted molar refractivity (Wildman–Crippen MR) is 75.6 cm³/mol. The fourth-order valence-corrected chi connectivity index (χ4v) is 2.48. The fourth-order valence-electron chi connectivity index (χ4n) is 2.48. The zero-order valence-corrected chi connectivity index (χ0v) is 10.8. The first-order valence-electron chi connectivity index (χ1n) is 6.62. The van der Waals surface area contributed by atoms with Gasteiger partial charge < -0.3 is 10.3 Å². The van der Waals surface area contributed by atoms with Gasteiger partial charge in [0.05, 0.1) is 5.69 Å². The monoisotopic (exact) mass is 268 g/mol. The number of halogens is 1. The van der Waals surface area contributed by atoms with Crippen molar-refractivity contribution in [2.24, 2.45) is 0 Å². The van der Waals surface area contributed by atoms with E-state index in [2.05, 4.69) is 14.5 Å². The number of hydrogen-bond acceptors (Lipinski definition) is 3. The molecule has 20 heavy (non-hydrogen) atoms. The highest BCUT2D eigenvalue weighted by molar-refractivity contribution is 5.77. The summed E-state index contributed by atoms with van der Waals surface area (Å²) in [6, 6.07) is 9.03. The first kappa shape index (κ1) is 11.4. The number of nitrogens with two attached hydrogens (primary N) is 1. The molecule has 4 nitrogen and oxygen atoms in total. The molecule has 2 heterocycles. The van der Waals surface area contributed by atoms with Crippen molar-refractivity contribution < 1.29 is 4.39 Å². The lowest BCUT2D eigenvalue weighted by Crippen LogP contribution is -1.99. The molecule has 1 fully saturated rings. The highest BCUT2D eigenvalue weighted by atomic mass is 19.1. The van der Waals surface area contributed by atoms with Crippen LogP contribution in [0.4, 0.5) is 10.1 Å². The third-order valence-electron chi connectivity index (χ3n) is 3.62. The Kier molecular flexibility index (Phi) is 2.30. The fraction of sp³-hybridized carbons (Fsp3) is 0.200. The number of anilines is 1. The van der Waals surface area contributed by atoms with Crippen LogP contribution >= 0.6 is 0 Å². The topological polar surface area (TPSA) is 56.7 Å². The number of nitrogen functional groups attached to an aromatic ring is 1. The maximum absolute atomic E-state index is 13.7. The number of imidazole rings is 1. The van der Waals surface area contributed by atoms with E-state index in [1.165, 1.54) is 6.07 Å². The second-order valence-electron chi connectivity index (χ2n) is 5.12. The lowest BCUT2D eigenvalue weighted by molar-refractivity contribution is 0.632. The molecular weight excluding hydrogens is 255 g/mol. The minimum Gasteiger partial charge on any atom is -0.396 e. The van der Waals surface area contributed by atoms with Gasteiger partial charge in [-0.05, 0) is 43.2 Å². The Morgan fingerprint density at radius 3 is 2.85 bits per heavy atom. The van der Waals surface area contributed by atoms with Crippen molar-refractivity contribution in [1.82, 2.24) is 14.5 Å². The first-order valence-corrected chi connectivity index (χ1v) is 6.62. The molecule has 1 aliphatic carbocycles. The summed E-state index contributed by atoms with van der Waals surface area (Å²) in [5.74, 6) is 0.352. The average Bonchev–Trinajstić information content (AvgIpc) is 3.22. The van der Waals surface area contributed by atoms with Gasteiger partial charge in [0.25, 0.3) is 0 Å². The van der Waals surface area contributed by atoms with Crippen LogP contribution in [0.15, 0.2) is 36.5 Å². The Balaban J connectivity index is 1.98. The van der Waals surface area contributed by atoms with E-state index in [1.807, 2.05) is 12.1 Å². The van der Waals surface area contributed by atoms with Gasteiger partial charge in [0.15, 0.2) is 5.65 Å². The number of hydrogen-bond donors (Lipinski definition) is 1. The Morgan fingerprint density at radius 2 is 2.10 bits per heavy atom. The number of rotatable bonds is 2. The van der Waals surface area contributed by atoms with E-state index >= 15 is 0 Å². The van der Waals surface area contributed by atoms with Crippen LogP contribution in [-0.4, -0.2) is 14.5 Å². The van der Waals surface area contributed by atoms with Crippen molar-refractivity contribution in [3.05, 3.63) is 42.3 Å². The van der Waals surface area contributed by atoms with Crippen LogP contribution in [0.3, 0.4) is 0 Å². The lowest BCUT2D eigenvalue weighted by Gasteiger charge is -2.07. The van der Waals surface area contributed by atoms with Gasteiger partial charge in [-0.25, -0.2) is 14.4 Å². The maximum Gasteiger partial charge on any atom is 0.160 e. The van der Waals surface area contributed by atoms with Crippen LogP contribution in [0, 0.1) is 5.82 Å². The van der Waals surface area contributed by atoms with Gasteiger partial charge >= 0.3 is 0 Å². The normalized spacial score (nSPS) is 14.8. The summed E-state index contributed by atoms with van der Waals surface area (Å²) in [4.78, 5) is 9.02. The number of aromatic nitrogens is 3. The molecule has 1 aromatic carbocycles. The minimum absolute atomic E-state index is 0.154. The third-order valence-corrected chi connectivity index (χ3v) is 3.62. The summed E-state index contributed by atoms with van der Waals surface area (Å²) in [6.07, 6.45) is 4.00. The maximum atomic E-state index is 13.7. The second-order valence-corrected chi connectivity index (χ2v) is 5.12. The number of benzene rings is 1. The molecule has 0 aliphatic heterocycles. The van der Waals surface area contributed by atoms with E-state index in [0.29, 0.717) is 6.04 Å². The van der Waals surface area contributed by atoms with Crippen LogP contribution in [0.5, 0.6) is 0 Å². The van der Waals surface area contributed by atoms with Gasteiger partial charge in [0.2, 0.25) is 0 Å². The standard InChI is InChI=1S/C15H13FN4/c16-11-8-9(3-6-12(11)17)14-19-13-2-1-7-18-15(13)20(14)10-4-5-10/h1-3,6-8,10H,4-5,17H2. The van der Waals surface area contributed by atoms with E-state index in [0.717, 1.165) is 35.4 Å². The first-order chi connectivity index (χ1) is 9.74. The molecule has 1 saturated carbocycles. The summed E-state index contributed by atoms with van der Waals surface area (Å²) >= 11 is 0. The van der Waals surface area contributed by atoms with Crippen molar-refractivity contribution >= 4 is 16.9 Å². The van der Waals surface area contributed by atoms with Crippen molar-refractivity contribution in [1.29, 1.82) is 0 Å². The van der Waals surface area contributed by atoms with Crippen molar-refractivity contribution in [2.45, 2.75) is 18.9 Å². The molecule has 100 valence electrons. The summed E-state index contributed by atoms with van der Waals surface area (Å²) < 4.78 is 15.8. The Morgan fingerprint density at radius 1 is 1.25 bits per heavy atom. The molecule has 3 aromatic rings. The summed E-state index contributed by atoms with van der Waals surface area (Å²) in [5.41, 5.74) is 8.13. The Bertz CT molecular complexity index is 805. The second kappa shape index (κ2) is 4.03. The lowest BCUT2D eigenvalue weighted by atomic mass is 10.2. The molecule has 5 heteroatoms. The largest absolute Gasteiger partial charge is 0.396 e. The summed E-state index contributed by atoms with van der Waals surface area (Å²) in [6.45, 7) is 0. The van der Waals surface area contributed by atoms with Gasteiger partial charge in [-0.3, -0.25) is 0 Å². The predicted octanol–water partition coefficient (Wildman–Crippen LogP) is 3.15. The number of pyridine rings is 1. The van der Waals surface area contributed by atoms with Crippen molar-refractivity contribution in [3.63, 3.8) is 0 Å². The van der Waals surface area contributed by atoms with Gasteiger partial charge in [0.1, 0.15) is 17.2 Å². The average molecular weight is 268 g/mol. The van der Waals surface area contributed by atoms with E-state index in [1.54, 1.807) is 18.3 Å². The number of nitrogens with zero attached hydrogens (tertiary/aromatic N) is 3. The van der Waals surface area contributed by atoms with Gasteiger partial charge in [-0.15, -0.1) is 0 Å². The van der Waals surface area contributed by atoms with E-state index in [4.69, 9.17) is 5.73 Å². The Labute approximate surface area is 115 Å². The molecule has 0 amide bonds. The smallest absolute Gasteiger partial charge is 0.160 e. The van der Waals surface area contributed by atoms with Crippen LogP contribution in [-0.2, 0) is 0 Å². The zero-order valence-electron chi connectivity index (χ0n) is 10.8. The van der Waals surface area contributed by atoms with E-state index in [-0.39, 0.29) is 5.69 Å². The molecule has 0 atom stereocenters. The highest BCUT2D eigenvalue weighted by Gasteiger charge is 2.29. The van der Waals surface area contributed by atoms with Crippen LogP contribution < -0.4 is 5.73 Å². The molecule has 0 radical (unpaired) electrons. The summed E-state index contributed by atoms with van der Waals surface area (Å²) in [5, 5.41) is 0. The number of fused-ring (bicyclic) bond motifs is 1. The molecular formula is C15H13FN4. The van der Waals surface area contributed by atoms with E-state index in [9.17, 15) is 4.39 Å². The van der Waals surface area contributed by atoms with Gasteiger partial charge in [-0.1, -0.05) is 0 Å². The summed E-state index contributed by atoms with van der Waals surface area (Å²) in [7, 11) is 0. The molecule has 0 saturated heterocycles. The van der Waals surface area contributed by atoms with Gasteiger partial charge in [0, 0.05) is 17.8 Å². The zero-order chi connectivity index (χ0) is 13.7. The van der Waals surface area contributed by atoms with Crippen LogP contribution in [0.2, 0.25) is 0 Å². The van der Waals surface area contributed by atoms with Gasteiger partial charge in [-0.2, -0.15) is 0 Å². The van der Waals surface area contributed by atoms with Crippen LogP contribution in [0.25, 0.3) is 22.6 Å². The quantitative estimate of drug-likeness (QED) is 0.726. The molecule has 0 spiro atoms. The molecule has 0 unspecified atom stereocenters. The molecule has 0 bridgehead atoms. The van der Waals surface area contributed by atoms with E-state index < -0.39 is 5.82 Å². The Hall–Kier alpha value is -2.43. The molecule has 2 N–H and O–H groups in total. The molecule has 2 aromatic heterocycles. The van der Waals surface area contributed by atoms with Crippen LogP contribution in [0.1, 0.15) is 18.9 Å². The molecule has 4 rings (SSSR count). The highest BCUT2D eigenvalue weighted by Crippen LogP contribution is 2.40. The molecule has 1 aliphatic rings. The third kappa shape index (κ3) is 1.66. The van der Waals surface area contributed by atoms with Crippen molar-refractivity contribution in [2.75, 3.05) is 5.73 Å². The minimum atomic E-state index is -0.412.